The van der Waals surface area contributed by atoms with E-state index in [0.717, 1.165) is 16.8 Å². The van der Waals surface area contributed by atoms with Gasteiger partial charge in [-0.25, -0.2) is 4.98 Å². The number of ether oxygens (including phenoxy) is 1. The summed E-state index contributed by atoms with van der Waals surface area (Å²) in [4.78, 5) is 15.9. The summed E-state index contributed by atoms with van der Waals surface area (Å²) < 4.78 is 7.11. The van der Waals surface area contributed by atoms with E-state index in [4.69, 9.17) is 16.3 Å². The molecule has 4 nitrogen and oxygen atoms in total. The molecule has 3 aromatic rings. The third kappa shape index (κ3) is 2.62. The zero-order chi connectivity index (χ0) is 15.0. The number of carbonyl (C=O) groups is 1. The number of carbonyl (C=O) groups excluding carboxylic acids is 1. The Morgan fingerprint density at radius 3 is 2.62 bits per heavy atom. The van der Waals surface area contributed by atoms with E-state index in [-0.39, 0.29) is 5.97 Å². The van der Waals surface area contributed by atoms with Gasteiger partial charge in [0.15, 0.2) is 0 Å². The molecule has 0 aliphatic rings. The summed E-state index contributed by atoms with van der Waals surface area (Å²) >= 11 is 5.91. The summed E-state index contributed by atoms with van der Waals surface area (Å²) in [7, 11) is 0. The Balaban J connectivity index is 2.24. The average Bonchev–Trinajstić information content (AvgIpc) is 2.77. The number of nitrogens with zero attached hydrogens (tertiary/aromatic N) is 2. The Morgan fingerprint density at radius 1 is 1.24 bits per heavy atom. The van der Waals surface area contributed by atoms with Gasteiger partial charge in [-0.3, -0.25) is 9.20 Å². The third-order valence-corrected chi connectivity index (χ3v) is 3.35. The second-order valence-electron chi connectivity index (χ2n) is 4.80. The summed E-state index contributed by atoms with van der Waals surface area (Å²) in [6.07, 6.45) is 1.84. The zero-order valence-corrected chi connectivity index (χ0v) is 12.4. The molecular formula is C16H13ClN2O2. The Labute approximate surface area is 126 Å². The highest BCUT2D eigenvalue weighted by Crippen LogP contribution is 2.31. The molecule has 0 atom stereocenters. The van der Waals surface area contributed by atoms with E-state index in [0.29, 0.717) is 16.6 Å². The number of aromatic nitrogens is 2. The quantitative estimate of drug-likeness (QED) is 0.674. The van der Waals surface area contributed by atoms with Crippen LogP contribution in [0.15, 0.2) is 42.6 Å². The maximum Gasteiger partial charge on any atom is 0.309 e. The molecule has 0 bridgehead atoms. The Kier molecular flexibility index (Phi) is 3.39. The van der Waals surface area contributed by atoms with E-state index in [1.807, 2.05) is 37.4 Å². The first-order valence-electron chi connectivity index (χ1n) is 6.47. The lowest BCUT2D eigenvalue weighted by atomic mass is 10.2. The minimum Gasteiger partial charge on any atom is -0.407 e. The van der Waals surface area contributed by atoms with Crippen molar-refractivity contribution in [1.82, 2.24) is 9.38 Å². The average molecular weight is 301 g/mol. The number of rotatable bonds is 2. The number of aryl methyl sites for hydroxylation is 1. The number of halogens is 1. The highest BCUT2D eigenvalue weighted by Gasteiger charge is 2.17. The van der Waals surface area contributed by atoms with E-state index < -0.39 is 0 Å². The molecule has 0 spiro atoms. The van der Waals surface area contributed by atoms with Crippen LogP contribution in [0.1, 0.15) is 12.5 Å². The number of pyridine rings is 1. The van der Waals surface area contributed by atoms with Gasteiger partial charge in [0.2, 0.25) is 5.88 Å². The number of hydrogen-bond acceptors (Lipinski definition) is 3. The van der Waals surface area contributed by atoms with E-state index in [1.54, 1.807) is 16.5 Å². The van der Waals surface area contributed by atoms with Crippen LogP contribution in [0.5, 0.6) is 5.88 Å². The fourth-order valence-electron chi connectivity index (χ4n) is 2.15. The topological polar surface area (TPSA) is 43.6 Å². The van der Waals surface area contributed by atoms with Gasteiger partial charge in [-0.1, -0.05) is 23.7 Å². The molecule has 0 saturated carbocycles. The van der Waals surface area contributed by atoms with Gasteiger partial charge in [-0.05, 0) is 36.8 Å². The molecule has 5 heteroatoms. The maximum atomic E-state index is 11.4. The molecule has 0 radical (unpaired) electrons. The summed E-state index contributed by atoms with van der Waals surface area (Å²) in [5.74, 6) is 0.0346. The van der Waals surface area contributed by atoms with Crippen molar-refractivity contribution in [2.24, 2.45) is 0 Å². The SMILES string of the molecule is CC(=O)Oc1c(-c2ccc(Cl)cc2)nc2cc(C)ccn12. The first-order valence-corrected chi connectivity index (χ1v) is 6.85. The van der Waals surface area contributed by atoms with Crippen molar-refractivity contribution in [3.8, 4) is 17.1 Å². The molecule has 0 aliphatic carbocycles. The zero-order valence-electron chi connectivity index (χ0n) is 11.6. The van der Waals surface area contributed by atoms with Crippen LogP contribution < -0.4 is 4.74 Å². The number of benzene rings is 1. The van der Waals surface area contributed by atoms with Crippen LogP contribution in [0.25, 0.3) is 16.9 Å². The molecule has 0 N–H and O–H groups in total. The molecule has 0 saturated heterocycles. The molecule has 0 amide bonds. The molecule has 21 heavy (non-hydrogen) atoms. The van der Waals surface area contributed by atoms with E-state index in [9.17, 15) is 4.79 Å². The fourth-order valence-corrected chi connectivity index (χ4v) is 2.28. The van der Waals surface area contributed by atoms with Crippen molar-refractivity contribution in [3.05, 3.63) is 53.2 Å². The van der Waals surface area contributed by atoms with Crippen LogP contribution in [-0.4, -0.2) is 15.4 Å². The lowest BCUT2D eigenvalue weighted by molar-refractivity contribution is -0.132. The minimum absolute atomic E-state index is 0.382. The highest BCUT2D eigenvalue weighted by molar-refractivity contribution is 6.30. The summed E-state index contributed by atoms with van der Waals surface area (Å²) in [5, 5.41) is 0.646. The summed E-state index contributed by atoms with van der Waals surface area (Å²) in [6, 6.07) is 11.1. The van der Waals surface area contributed by atoms with Crippen molar-refractivity contribution in [2.45, 2.75) is 13.8 Å². The highest BCUT2D eigenvalue weighted by atomic mass is 35.5. The predicted molar refractivity (Wildman–Crippen MR) is 81.7 cm³/mol. The van der Waals surface area contributed by atoms with Gasteiger partial charge in [0.25, 0.3) is 0 Å². The van der Waals surface area contributed by atoms with Crippen molar-refractivity contribution in [3.63, 3.8) is 0 Å². The molecule has 3 rings (SSSR count). The van der Waals surface area contributed by atoms with Crippen LogP contribution in [0.2, 0.25) is 5.02 Å². The lowest BCUT2D eigenvalue weighted by Crippen LogP contribution is -2.04. The van der Waals surface area contributed by atoms with Crippen LogP contribution in [0.4, 0.5) is 0 Å². The maximum absolute atomic E-state index is 11.4. The fraction of sp³-hybridized carbons (Fsp3) is 0.125. The van der Waals surface area contributed by atoms with Crippen LogP contribution in [-0.2, 0) is 4.79 Å². The molecule has 0 fully saturated rings. The smallest absolute Gasteiger partial charge is 0.309 e. The number of imidazole rings is 1. The van der Waals surface area contributed by atoms with Crippen LogP contribution in [0, 0.1) is 6.92 Å². The second kappa shape index (κ2) is 5.22. The van der Waals surface area contributed by atoms with Gasteiger partial charge in [0.05, 0.1) is 0 Å². The Hall–Kier alpha value is -2.33. The minimum atomic E-state index is -0.382. The van der Waals surface area contributed by atoms with Gasteiger partial charge in [-0.2, -0.15) is 0 Å². The first-order chi connectivity index (χ1) is 10.0. The van der Waals surface area contributed by atoms with Crippen molar-refractivity contribution in [2.75, 3.05) is 0 Å². The molecular weight excluding hydrogens is 288 g/mol. The number of hydrogen-bond donors (Lipinski definition) is 0. The van der Waals surface area contributed by atoms with Gasteiger partial charge in [0, 0.05) is 23.7 Å². The number of esters is 1. The Morgan fingerprint density at radius 2 is 1.95 bits per heavy atom. The van der Waals surface area contributed by atoms with Crippen LogP contribution in [0.3, 0.4) is 0 Å². The summed E-state index contributed by atoms with van der Waals surface area (Å²) in [5.41, 5.74) is 3.28. The lowest BCUT2D eigenvalue weighted by Gasteiger charge is -2.04. The molecule has 0 aliphatic heterocycles. The van der Waals surface area contributed by atoms with Gasteiger partial charge in [0.1, 0.15) is 11.3 Å². The third-order valence-electron chi connectivity index (χ3n) is 3.10. The van der Waals surface area contributed by atoms with Gasteiger partial charge >= 0.3 is 5.97 Å². The molecule has 106 valence electrons. The van der Waals surface area contributed by atoms with Crippen molar-refractivity contribution >= 4 is 23.2 Å². The molecule has 2 aromatic heterocycles. The van der Waals surface area contributed by atoms with E-state index in [2.05, 4.69) is 4.98 Å². The predicted octanol–water partition coefficient (Wildman–Crippen LogP) is 3.89. The van der Waals surface area contributed by atoms with Gasteiger partial charge in [-0.15, -0.1) is 0 Å². The first kappa shape index (κ1) is 13.6. The standard InChI is InChI=1S/C16H13ClN2O2/c1-10-7-8-19-14(9-10)18-15(16(19)21-11(2)20)12-3-5-13(17)6-4-12/h3-9H,1-2H3. The normalized spacial score (nSPS) is 10.8. The monoisotopic (exact) mass is 300 g/mol. The van der Waals surface area contributed by atoms with E-state index in [1.165, 1.54) is 6.92 Å². The number of fused-ring (bicyclic) bond motifs is 1. The molecule has 2 heterocycles. The molecule has 1 aromatic carbocycles. The molecule has 0 unspecified atom stereocenters. The Bertz CT molecular complexity index is 822. The van der Waals surface area contributed by atoms with Crippen molar-refractivity contribution < 1.29 is 9.53 Å². The van der Waals surface area contributed by atoms with E-state index >= 15 is 0 Å². The van der Waals surface area contributed by atoms with Crippen LogP contribution >= 0.6 is 11.6 Å². The van der Waals surface area contributed by atoms with Crippen molar-refractivity contribution in [1.29, 1.82) is 0 Å². The largest absolute Gasteiger partial charge is 0.407 e. The van der Waals surface area contributed by atoms with Gasteiger partial charge < -0.3 is 4.74 Å². The second-order valence-corrected chi connectivity index (χ2v) is 5.23. The summed E-state index contributed by atoms with van der Waals surface area (Å²) in [6.45, 7) is 3.36.